The lowest BCUT2D eigenvalue weighted by atomic mass is 9.93. The van der Waals surface area contributed by atoms with Gasteiger partial charge < -0.3 is 15.5 Å². The molecular weight excluding hydrogens is 357 g/mol. The molecule has 1 aliphatic carbocycles. The number of nitrogens with zero attached hydrogens (tertiary/aromatic N) is 3. The third-order valence-corrected chi connectivity index (χ3v) is 4.91. The molecule has 1 saturated carbocycles. The van der Waals surface area contributed by atoms with Gasteiger partial charge in [0.2, 0.25) is 0 Å². The van der Waals surface area contributed by atoms with E-state index in [-0.39, 0.29) is 5.82 Å². The van der Waals surface area contributed by atoms with Crippen molar-refractivity contribution in [3.05, 3.63) is 42.7 Å². The zero-order valence-corrected chi connectivity index (χ0v) is 16.5. The number of aromatic nitrogens is 2. The van der Waals surface area contributed by atoms with Gasteiger partial charge in [0.15, 0.2) is 0 Å². The number of carbonyl (C=O) groups excluding carboxylic acids is 1. The van der Waals surface area contributed by atoms with Gasteiger partial charge in [-0.15, -0.1) is 0 Å². The summed E-state index contributed by atoms with van der Waals surface area (Å²) in [6.07, 6.45) is 10.2. The van der Waals surface area contributed by atoms with Crippen LogP contribution in [0, 0.1) is 11.7 Å². The van der Waals surface area contributed by atoms with Crippen LogP contribution in [-0.4, -0.2) is 28.6 Å². The topological polar surface area (TPSA) is 70.2 Å². The zero-order chi connectivity index (χ0) is 19.9. The van der Waals surface area contributed by atoms with Crippen LogP contribution in [0.1, 0.15) is 46.0 Å². The molecule has 1 aromatic carbocycles. The minimum atomic E-state index is -0.407. The highest BCUT2D eigenvalue weighted by molar-refractivity contribution is 6.01. The Hall–Kier alpha value is -2.70. The van der Waals surface area contributed by atoms with E-state index in [2.05, 4.69) is 39.3 Å². The Kier molecular flexibility index (Phi) is 6.79. The first-order valence-corrected chi connectivity index (χ1v) is 9.92. The van der Waals surface area contributed by atoms with Crippen molar-refractivity contribution in [3.63, 3.8) is 0 Å². The van der Waals surface area contributed by atoms with Crippen LogP contribution in [0.15, 0.2) is 36.9 Å². The highest BCUT2D eigenvalue weighted by Crippen LogP contribution is 2.34. The molecule has 2 N–H and O–H groups in total. The summed E-state index contributed by atoms with van der Waals surface area (Å²) in [4.78, 5) is 22.5. The Morgan fingerprint density at radius 1 is 1.18 bits per heavy atom. The second kappa shape index (κ2) is 9.48. The van der Waals surface area contributed by atoms with Crippen LogP contribution in [0.25, 0.3) is 0 Å². The molecule has 6 nitrogen and oxygen atoms in total. The van der Waals surface area contributed by atoms with Crippen LogP contribution in [0.2, 0.25) is 0 Å². The maximum absolute atomic E-state index is 14.1. The Morgan fingerprint density at radius 3 is 2.57 bits per heavy atom. The molecule has 2 aromatic rings. The average Bonchev–Trinajstić information content (AvgIpc) is 2.69. The van der Waals surface area contributed by atoms with Crippen LogP contribution in [-0.2, 0) is 0 Å². The number of halogens is 1. The number of benzene rings is 1. The molecule has 0 unspecified atom stereocenters. The summed E-state index contributed by atoms with van der Waals surface area (Å²) < 4.78 is 14.1. The Balaban J connectivity index is 1.84. The van der Waals surface area contributed by atoms with Gasteiger partial charge >= 0.3 is 6.03 Å². The minimum absolute atomic E-state index is 0.304. The molecule has 0 atom stereocenters. The van der Waals surface area contributed by atoms with E-state index in [1.165, 1.54) is 50.1 Å². The Morgan fingerprint density at radius 2 is 1.89 bits per heavy atom. The molecule has 7 heteroatoms. The third-order valence-electron chi connectivity index (χ3n) is 4.91. The van der Waals surface area contributed by atoms with Crippen LogP contribution in [0.3, 0.4) is 0 Å². The van der Waals surface area contributed by atoms with E-state index >= 15 is 0 Å². The van der Waals surface area contributed by atoms with Gasteiger partial charge in [-0.1, -0.05) is 33.1 Å². The fourth-order valence-electron chi connectivity index (χ4n) is 3.73. The number of carbonyl (C=O) groups is 1. The number of hydrogen-bond acceptors (Lipinski definition) is 4. The predicted molar refractivity (Wildman–Crippen MR) is 110 cm³/mol. The van der Waals surface area contributed by atoms with Crippen molar-refractivity contribution in [3.8, 4) is 0 Å². The van der Waals surface area contributed by atoms with Crippen molar-refractivity contribution in [1.82, 2.24) is 9.97 Å². The van der Waals surface area contributed by atoms with Gasteiger partial charge in [-0.25, -0.2) is 19.2 Å². The first-order valence-electron chi connectivity index (χ1n) is 9.92. The number of amides is 2. The standard InChI is InChI=1S/C21H28FN5O/c1-15(2)13-27(18-6-4-3-5-7-18)20-10-16(22)8-9-19(20)26-21(28)25-17-11-23-14-24-12-17/h8-12,14-15,18H,3-7,13H2,1-2H3,(H2,25,26,28). The van der Waals surface area contributed by atoms with E-state index in [4.69, 9.17) is 0 Å². The SMILES string of the molecule is CC(C)CN(c1cc(F)ccc1NC(=O)Nc1cncnc1)C1CCCCC1. The van der Waals surface area contributed by atoms with Gasteiger partial charge in [-0.05, 0) is 37.0 Å². The second-order valence-corrected chi connectivity index (χ2v) is 7.71. The first-order chi connectivity index (χ1) is 13.5. The third kappa shape index (κ3) is 5.41. The number of anilines is 3. The van der Waals surface area contributed by atoms with E-state index in [9.17, 15) is 9.18 Å². The largest absolute Gasteiger partial charge is 0.367 e. The highest BCUT2D eigenvalue weighted by atomic mass is 19.1. The lowest BCUT2D eigenvalue weighted by Gasteiger charge is -2.38. The molecule has 0 aliphatic heterocycles. The Bertz CT molecular complexity index is 778. The van der Waals surface area contributed by atoms with E-state index < -0.39 is 6.03 Å². The zero-order valence-electron chi connectivity index (χ0n) is 16.5. The van der Waals surface area contributed by atoms with Gasteiger partial charge in [-0.2, -0.15) is 0 Å². The van der Waals surface area contributed by atoms with Gasteiger partial charge in [-0.3, -0.25) is 0 Å². The molecule has 0 bridgehead atoms. The molecule has 3 rings (SSSR count). The summed E-state index contributed by atoms with van der Waals surface area (Å²) in [5.74, 6) is 0.121. The lowest BCUT2D eigenvalue weighted by Crippen LogP contribution is -2.40. The monoisotopic (exact) mass is 385 g/mol. The molecule has 0 radical (unpaired) electrons. The fraction of sp³-hybridized carbons (Fsp3) is 0.476. The van der Waals surface area contributed by atoms with Crippen molar-refractivity contribution in [1.29, 1.82) is 0 Å². The van der Waals surface area contributed by atoms with Crippen molar-refractivity contribution >= 4 is 23.1 Å². The second-order valence-electron chi connectivity index (χ2n) is 7.71. The summed E-state index contributed by atoms with van der Waals surface area (Å²) in [5, 5.41) is 5.57. The molecule has 1 aliphatic rings. The maximum atomic E-state index is 14.1. The smallest absolute Gasteiger partial charge is 0.323 e. The average molecular weight is 385 g/mol. The van der Waals surface area contributed by atoms with Gasteiger partial charge in [0, 0.05) is 12.6 Å². The van der Waals surface area contributed by atoms with E-state index in [0.717, 1.165) is 25.1 Å². The summed E-state index contributed by atoms with van der Waals surface area (Å²) in [5.41, 5.74) is 1.83. The van der Waals surface area contributed by atoms with Gasteiger partial charge in [0.25, 0.3) is 0 Å². The number of hydrogen-bond donors (Lipinski definition) is 2. The summed E-state index contributed by atoms with van der Waals surface area (Å²) in [6, 6.07) is 4.49. The summed E-state index contributed by atoms with van der Waals surface area (Å²) in [6.45, 7) is 5.13. The molecule has 0 saturated heterocycles. The maximum Gasteiger partial charge on any atom is 0.323 e. The Labute approximate surface area is 165 Å². The minimum Gasteiger partial charge on any atom is -0.367 e. The van der Waals surface area contributed by atoms with Crippen molar-refractivity contribution in [2.75, 3.05) is 22.1 Å². The van der Waals surface area contributed by atoms with Crippen molar-refractivity contribution in [2.45, 2.75) is 52.0 Å². The normalized spacial score (nSPS) is 14.7. The number of urea groups is 1. The van der Waals surface area contributed by atoms with Crippen molar-refractivity contribution in [2.24, 2.45) is 5.92 Å². The predicted octanol–water partition coefficient (Wildman–Crippen LogP) is 5.05. The highest BCUT2D eigenvalue weighted by Gasteiger charge is 2.25. The fourth-order valence-corrected chi connectivity index (χ4v) is 3.73. The van der Waals surface area contributed by atoms with Crippen molar-refractivity contribution < 1.29 is 9.18 Å². The van der Waals surface area contributed by atoms with Crippen LogP contribution >= 0.6 is 0 Å². The molecule has 28 heavy (non-hydrogen) atoms. The van der Waals surface area contributed by atoms with Gasteiger partial charge in [0.1, 0.15) is 12.1 Å². The summed E-state index contributed by atoms with van der Waals surface area (Å²) in [7, 11) is 0. The molecule has 1 heterocycles. The van der Waals surface area contributed by atoms with Crippen LogP contribution < -0.4 is 15.5 Å². The van der Waals surface area contributed by atoms with E-state index in [1.54, 1.807) is 6.07 Å². The molecule has 1 aromatic heterocycles. The lowest BCUT2D eigenvalue weighted by molar-refractivity contribution is 0.262. The van der Waals surface area contributed by atoms with Crippen LogP contribution in [0.5, 0.6) is 0 Å². The quantitative estimate of drug-likeness (QED) is 0.730. The summed E-state index contributed by atoms with van der Waals surface area (Å²) >= 11 is 0. The van der Waals surface area contributed by atoms with E-state index in [1.807, 2.05) is 0 Å². The van der Waals surface area contributed by atoms with Gasteiger partial charge in [0.05, 0.1) is 29.5 Å². The first kappa shape index (κ1) is 20.0. The number of nitrogens with one attached hydrogen (secondary N) is 2. The number of rotatable bonds is 6. The van der Waals surface area contributed by atoms with E-state index in [0.29, 0.717) is 23.3 Å². The molecule has 1 fully saturated rings. The van der Waals surface area contributed by atoms with Crippen LogP contribution in [0.4, 0.5) is 26.2 Å². The molecule has 2 amide bonds. The molecular formula is C21H28FN5O. The molecule has 0 spiro atoms. The molecule has 150 valence electrons.